The lowest BCUT2D eigenvalue weighted by Gasteiger charge is -2.09. The molecular formula is C20H23NO5. The van der Waals surface area contributed by atoms with Gasteiger partial charge in [-0.1, -0.05) is 17.7 Å². The van der Waals surface area contributed by atoms with Crippen molar-refractivity contribution in [3.05, 3.63) is 53.6 Å². The summed E-state index contributed by atoms with van der Waals surface area (Å²) in [5.74, 6) is 0.506. The molecule has 0 aliphatic heterocycles. The quantitative estimate of drug-likeness (QED) is 0.735. The van der Waals surface area contributed by atoms with Gasteiger partial charge in [-0.25, -0.2) is 0 Å². The van der Waals surface area contributed by atoms with Crippen LogP contribution in [0, 0.1) is 6.92 Å². The molecule has 0 aliphatic carbocycles. The molecule has 0 aliphatic rings. The number of hydrogen-bond acceptors (Lipinski definition) is 5. The summed E-state index contributed by atoms with van der Waals surface area (Å²) in [7, 11) is 3.14. The average Bonchev–Trinajstić information content (AvgIpc) is 2.66. The Morgan fingerprint density at radius 3 is 2.15 bits per heavy atom. The minimum absolute atomic E-state index is 0.161. The number of aryl methyl sites for hydroxylation is 2. The van der Waals surface area contributed by atoms with Crippen LogP contribution < -0.4 is 14.8 Å². The zero-order chi connectivity index (χ0) is 18.9. The Labute approximate surface area is 153 Å². The first-order valence-corrected chi connectivity index (χ1v) is 8.24. The highest BCUT2D eigenvalue weighted by atomic mass is 16.5. The predicted octanol–water partition coefficient (Wildman–Crippen LogP) is 3.13. The number of hydrogen-bond donors (Lipinski definition) is 1. The Bertz CT molecular complexity index is 733. The Balaban J connectivity index is 1.78. The number of nitrogens with one attached hydrogen (secondary N) is 1. The molecule has 1 amide bonds. The number of benzene rings is 2. The molecule has 0 radical (unpaired) electrons. The molecule has 6 nitrogen and oxygen atoms in total. The van der Waals surface area contributed by atoms with E-state index in [1.807, 2.05) is 31.2 Å². The van der Waals surface area contributed by atoms with E-state index in [0.717, 1.165) is 11.1 Å². The van der Waals surface area contributed by atoms with Gasteiger partial charge in [0.05, 0.1) is 14.2 Å². The smallest absolute Gasteiger partial charge is 0.306 e. The minimum Gasteiger partial charge on any atom is -0.497 e. The van der Waals surface area contributed by atoms with Crippen molar-refractivity contribution in [1.82, 2.24) is 0 Å². The molecule has 138 valence electrons. The van der Waals surface area contributed by atoms with Gasteiger partial charge in [0.15, 0.2) is 6.61 Å². The maximum atomic E-state index is 11.9. The van der Waals surface area contributed by atoms with E-state index in [1.165, 1.54) is 0 Å². The van der Waals surface area contributed by atoms with Gasteiger partial charge in [0, 0.05) is 18.2 Å². The SMILES string of the molecule is COc1cc(CCC(=O)OCC(=O)Nc2ccc(C)cc2)cc(OC)c1. The summed E-state index contributed by atoms with van der Waals surface area (Å²) in [4.78, 5) is 23.7. The second kappa shape index (κ2) is 9.46. The normalized spacial score (nSPS) is 10.1. The highest BCUT2D eigenvalue weighted by Gasteiger charge is 2.10. The standard InChI is InChI=1S/C20H23NO5/c1-14-4-7-16(8-5-14)21-19(22)13-26-20(23)9-6-15-10-17(24-2)12-18(11-15)25-3/h4-5,7-8,10-12H,6,9,13H2,1-3H3,(H,21,22). The van der Waals surface area contributed by atoms with Crippen LogP contribution in [-0.4, -0.2) is 32.7 Å². The molecule has 0 fully saturated rings. The van der Waals surface area contributed by atoms with E-state index >= 15 is 0 Å². The third-order valence-electron chi connectivity index (χ3n) is 3.73. The third-order valence-corrected chi connectivity index (χ3v) is 3.73. The highest BCUT2D eigenvalue weighted by molar-refractivity contribution is 5.92. The maximum Gasteiger partial charge on any atom is 0.306 e. The molecule has 1 N–H and O–H groups in total. The molecule has 2 aromatic carbocycles. The lowest BCUT2D eigenvalue weighted by Crippen LogP contribution is -2.21. The van der Waals surface area contributed by atoms with E-state index in [0.29, 0.717) is 23.6 Å². The van der Waals surface area contributed by atoms with Crippen LogP contribution >= 0.6 is 0 Å². The van der Waals surface area contributed by atoms with Gasteiger partial charge >= 0.3 is 5.97 Å². The number of carbonyl (C=O) groups excluding carboxylic acids is 2. The monoisotopic (exact) mass is 357 g/mol. The summed E-state index contributed by atoms with van der Waals surface area (Å²) < 4.78 is 15.4. The van der Waals surface area contributed by atoms with Gasteiger partial charge in [-0.15, -0.1) is 0 Å². The lowest BCUT2D eigenvalue weighted by molar-refractivity contribution is -0.147. The van der Waals surface area contributed by atoms with Gasteiger partial charge in [0.25, 0.3) is 5.91 Å². The first-order chi connectivity index (χ1) is 12.5. The zero-order valence-corrected chi connectivity index (χ0v) is 15.2. The number of amides is 1. The molecule has 0 heterocycles. The van der Waals surface area contributed by atoms with E-state index in [4.69, 9.17) is 14.2 Å². The summed E-state index contributed by atoms with van der Waals surface area (Å²) in [5, 5.41) is 2.68. The maximum absolute atomic E-state index is 11.9. The number of rotatable bonds is 8. The second-order valence-electron chi connectivity index (χ2n) is 5.80. The van der Waals surface area contributed by atoms with Gasteiger partial charge in [-0.2, -0.15) is 0 Å². The van der Waals surface area contributed by atoms with E-state index in [1.54, 1.807) is 32.4 Å². The summed E-state index contributed by atoms with van der Waals surface area (Å²) >= 11 is 0. The van der Waals surface area contributed by atoms with Gasteiger partial charge in [0.2, 0.25) is 0 Å². The van der Waals surface area contributed by atoms with E-state index in [2.05, 4.69) is 5.32 Å². The van der Waals surface area contributed by atoms with Gasteiger partial charge in [-0.3, -0.25) is 9.59 Å². The van der Waals surface area contributed by atoms with Crippen molar-refractivity contribution in [2.75, 3.05) is 26.1 Å². The largest absolute Gasteiger partial charge is 0.497 e. The fourth-order valence-electron chi connectivity index (χ4n) is 2.31. The number of methoxy groups -OCH3 is 2. The molecule has 2 aromatic rings. The molecular weight excluding hydrogens is 334 g/mol. The third kappa shape index (κ3) is 6.12. The van der Waals surface area contributed by atoms with Crippen molar-refractivity contribution in [2.45, 2.75) is 19.8 Å². The van der Waals surface area contributed by atoms with Crippen molar-refractivity contribution >= 4 is 17.6 Å². The first-order valence-electron chi connectivity index (χ1n) is 8.24. The molecule has 0 unspecified atom stereocenters. The summed E-state index contributed by atoms with van der Waals surface area (Å²) in [6, 6.07) is 12.8. The Kier molecular flexibility index (Phi) is 7.02. The molecule has 0 atom stereocenters. The summed E-state index contributed by atoms with van der Waals surface area (Å²) in [6.07, 6.45) is 0.625. The summed E-state index contributed by atoms with van der Waals surface area (Å²) in [6.45, 7) is 1.65. The van der Waals surface area contributed by atoms with Crippen LogP contribution in [0.2, 0.25) is 0 Å². The van der Waals surface area contributed by atoms with Crippen LogP contribution in [-0.2, 0) is 20.7 Å². The van der Waals surface area contributed by atoms with Gasteiger partial charge in [0.1, 0.15) is 11.5 Å². The minimum atomic E-state index is -0.439. The Morgan fingerprint density at radius 2 is 1.58 bits per heavy atom. The van der Waals surface area contributed by atoms with Crippen LogP contribution in [0.4, 0.5) is 5.69 Å². The Hall–Kier alpha value is -3.02. The lowest BCUT2D eigenvalue weighted by atomic mass is 10.1. The molecule has 26 heavy (non-hydrogen) atoms. The fourth-order valence-corrected chi connectivity index (χ4v) is 2.31. The number of carbonyl (C=O) groups is 2. The van der Waals surface area contributed by atoms with Crippen LogP contribution in [0.15, 0.2) is 42.5 Å². The van der Waals surface area contributed by atoms with Crippen molar-refractivity contribution in [3.63, 3.8) is 0 Å². The molecule has 0 bridgehead atoms. The molecule has 0 saturated carbocycles. The predicted molar refractivity (Wildman–Crippen MR) is 98.6 cm³/mol. The molecule has 0 spiro atoms. The number of ether oxygens (including phenoxy) is 3. The molecule has 2 rings (SSSR count). The molecule has 6 heteroatoms. The molecule has 0 saturated heterocycles. The van der Waals surface area contributed by atoms with E-state index in [9.17, 15) is 9.59 Å². The van der Waals surface area contributed by atoms with Crippen molar-refractivity contribution < 1.29 is 23.8 Å². The topological polar surface area (TPSA) is 73.9 Å². The van der Waals surface area contributed by atoms with Crippen molar-refractivity contribution in [1.29, 1.82) is 0 Å². The zero-order valence-electron chi connectivity index (χ0n) is 15.2. The number of esters is 1. The summed E-state index contributed by atoms with van der Waals surface area (Å²) in [5.41, 5.74) is 2.66. The van der Waals surface area contributed by atoms with Gasteiger partial charge in [-0.05, 0) is 43.2 Å². The van der Waals surface area contributed by atoms with Crippen molar-refractivity contribution in [2.24, 2.45) is 0 Å². The first kappa shape index (κ1) is 19.3. The Morgan fingerprint density at radius 1 is 0.962 bits per heavy atom. The fraction of sp³-hybridized carbons (Fsp3) is 0.300. The van der Waals surface area contributed by atoms with Crippen LogP contribution in [0.3, 0.4) is 0 Å². The van der Waals surface area contributed by atoms with E-state index < -0.39 is 5.97 Å². The van der Waals surface area contributed by atoms with Gasteiger partial charge < -0.3 is 19.5 Å². The second-order valence-corrected chi connectivity index (χ2v) is 5.80. The number of anilines is 1. The van der Waals surface area contributed by atoms with Crippen molar-refractivity contribution in [3.8, 4) is 11.5 Å². The highest BCUT2D eigenvalue weighted by Crippen LogP contribution is 2.23. The van der Waals surface area contributed by atoms with Crippen LogP contribution in [0.25, 0.3) is 0 Å². The average molecular weight is 357 g/mol. The van der Waals surface area contributed by atoms with Crippen LogP contribution in [0.5, 0.6) is 11.5 Å². The molecule has 0 aromatic heterocycles. The van der Waals surface area contributed by atoms with E-state index in [-0.39, 0.29) is 18.9 Å². The van der Waals surface area contributed by atoms with Crippen LogP contribution in [0.1, 0.15) is 17.5 Å².